The SMILES string of the molecule is CC(NC(=O)C(CO)NC(=O)C(N)Cc1ccccc1)C(=O)NCC(=O)O. The second-order valence-corrected chi connectivity index (χ2v) is 5.88. The molecular weight excluding hydrogens is 356 g/mol. The highest BCUT2D eigenvalue weighted by atomic mass is 16.4. The third kappa shape index (κ3) is 7.84. The molecule has 0 aliphatic carbocycles. The van der Waals surface area contributed by atoms with Gasteiger partial charge in [-0.25, -0.2) is 0 Å². The Balaban J connectivity index is 2.55. The van der Waals surface area contributed by atoms with E-state index >= 15 is 0 Å². The summed E-state index contributed by atoms with van der Waals surface area (Å²) in [5.74, 6) is -3.36. The summed E-state index contributed by atoms with van der Waals surface area (Å²) in [6.45, 7) is 0.0547. The van der Waals surface area contributed by atoms with Gasteiger partial charge in [0.15, 0.2) is 0 Å². The number of aliphatic hydroxyl groups is 1. The summed E-state index contributed by atoms with van der Waals surface area (Å²) in [6.07, 6.45) is 0.250. The Hall–Kier alpha value is -2.98. The minimum absolute atomic E-state index is 0.250. The van der Waals surface area contributed by atoms with Crippen molar-refractivity contribution in [2.75, 3.05) is 13.2 Å². The fourth-order valence-electron chi connectivity index (χ4n) is 2.13. The van der Waals surface area contributed by atoms with Crippen LogP contribution >= 0.6 is 0 Å². The summed E-state index contributed by atoms with van der Waals surface area (Å²) >= 11 is 0. The van der Waals surface area contributed by atoms with Crippen molar-refractivity contribution in [3.05, 3.63) is 35.9 Å². The lowest BCUT2D eigenvalue weighted by atomic mass is 10.1. The molecule has 0 spiro atoms. The van der Waals surface area contributed by atoms with Gasteiger partial charge in [0.2, 0.25) is 17.7 Å². The predicted molar refractivity (Wildman–Crippen MR) is 95.4 cm³/mol. The maximum atomic E-state index is 12.1. The lowest BCUT2D eigenvalue weighted by molar-refractivity contribution is -0.138. The minimum atomic E-state index is -1.30. The van der Waals surface area contributed by atoms with Gasteiger partial charge >= 0.3 is 5.97 Å². The van der Waals surface area contributed by atoms with Crippen LogP contribution in [0.5, 0.6) is 0 Å². The summed E-state index contributed by atoms with van der Waals surface area (Å²) in [6, 6.07) is 5.78. The van der Waals surface area contributed by atoms with Crippen LogP contribution in [-0.2, 0) is 25.6 Å². The first-order valence-corrected chi connectivity index (χ1v) is 8.25. The van der Waals surface area contributed by atoms with E-state index in [1.807, 2.05) is 6.07 Å². The first-order valence-electron chi connectivity index (χ1n) is 8.25. The van der Waals surface area contributed by atoms with Crippen molar-refractivity contribution in [1.82, 2.24) is 16.0 Å². The van der Waals surface area contributed by atoms with Crippen LogP contribution in [0, 0.1) is 0 Å². The molecule has 0 fully saturated rings. The fourth-order valence-corrected chi connectivity index (χ4v) is 2.13. The summed E-state index contributed by atoms with van der Waals surface area (Å²) in [7, 11) is 0. The van der Waals surface area contributed by atoms with Crippen LogP contribution in [0.2, 0.25) is 0 Å². The second-order valence-electron chi connectivity index (χ2n) is 5.88. The number of hydrogen-bond acceptors (Lipinski definition) is 6. The van der Waals surface area contributed by atoms with E-state index in [0.717, 1.165) is 5.56 Å². The van der Waals surface area contributed by atoms with Crippen LogP contribution in [0.25, 0.3) is 0 Å². The number of carboxylic acid groups (broad SMARTS) is 1. The Morgan fingerprint density at radius 2 is 1.67 bits per heavy atom. The molecule has 1 aromatic carbocycles. The van der Waals surface area contributed by atoms with Gasteiger partial charge in [-0.2, -0.15) is 0 Å². The van der Waals surface area contributed by atoms with Crippen molar-refractivity contribution in [2.24, 2.45) is 5.73 Å². The van der Waals surface area contributed by atoms with Crippen molar-refractivity contribution in [3.8, 4) is 0 Å². The van der Waals surface area contributed by atoms with Gasteiger partial charge in [0.05, 0.1) is 12.6 Å². The van der Waals surface area contributed by atoms with E-state index in [1.165, 1.54) is 6.92 Å². The molecule has 148 valence electrons. The van der Waals surface area contributed by atoms with E-state index in [-0.39, 0.29) is 6.42 Å². The van der Waals surface area contributed by atoms with Crippen molar-refractivity contribution in [2.45, 2.75) is 31.5 Å². The lowest BCUT2D eigenvalue weighted by Crippen LogP contribution is -2.56. The van der Waals surface area contributed by atoms with Gasteiger partial charge in [-0.15, -0.1) is 0 Å². The zero-order valence-electron chi connectivity index (χ0n) is 14.8. The highest BCUT2D eigenvalue weighted by Gasteiger charge is 2.26. The second kappa shape index (κ2) is 10.9. The zero-order valence-corrected chi connectivity index (χ0v) is 14.8. The Kier molecular flexibility index (Phi) is 8.90. The lowest BCUT2D eigenvalue weighted by Gasteiger charge is -2.21. The average molecular weight is 380 g/mol. The van der Waals surface area contributed by atoms with Crippen LogP contribution in [0.1, 0.15) is 12.5 Å². The molecule has 3 amide bonds. The molecular formula is C17H24N4O6. The highest BCUT2D eigenvalue weighted by Crippen LogP contribution is 2.02. The van der Waals surface area contributed by atoms with Gasteiger partial charge in [-0.1, -0.05) is 30.3 Å². The maximum Gasteiger partial charge on any atom is 0.322 e. The Bertz CT molecular complexity index is 667. The van der Waals surface area contributed by atoms with Gasteiger partial charge in [-0.05, 0) is 18.9 Å². The van der Waals surface area contributed by atoms with Gasteiger partial charge < -0.3 is 31.9 Å². The minimum Gasteiger partial charge on any atom is -0.480 e. The molecule has 10 nitrogen and oxygen atoms in total. The van der Waals surface area contributed by atoms with Gasteiger partial charge in [-0.3, -0.25) is 19.2 Å². The predicted octanol–water partition coefficient (Wildman–Crippen LogP) is -2.26. The van der Waals surface area contributed by atoms with E-state index in [2.05, 4.69) is 16.0 Å². The standard InChI is InChI=1S/C17H24N4O6/c1-10(15(25)19-8-14(23)24)20-17(27)13(9-22)21-16(26)12(18)7-11-5-3-2-4-6-11/h2-6,10,12-13,22H,7-9,18H2,1H3,(H,19,25)(H,20,27)(H,21,26)(H,23,24). The van der Waals surface area contributed by atoms with Crippen molar-refractivity contribution in [3.63, 3.8) is 0 Å². The fraction of sp³-hybridized carbons (Fsp3) is 0.412. The van der Waals surface area contributed by atoms with Gasteiger partial charge in [0.1, 0.15) is 18.6 Å². The Morgan fingerprint density at radius 1 is 1.04 bits per heavy atom. The molecule has 7 N–H and O–H groups in total. The molecule has 0 aliphatic rings. The number of benzene rings is 1. The molecule has 0 radical (unpaired) electrons. The molecule has 10 heteroatoms. The molecule has 0 saturated heterocycles. The number of nitrogens with one attached hydrogen (secondary N) is 3. The number of hydrogen-bond donors (Lipinski definition) is 6. The number of carbonyl (C=O) groups excluding carboxylic acids is 3. The smallest absolute Gasteiger partial charge is 0.322 e. The first-order chi connectivity index (χ1) is 12.7. The third-order valence-electron chi connectivity index (χ3n) is 3.62. The normalized spacial score (nSPS) is 13.7. The van der Waals surface area contributed by atoms with E-state index in [1.54, 1.807) is 24.3 Å². The molecule has 0 aromatic heterocycles. The largest absolute Gasteiger partial charge is 0.480 e. The Labute approximate surface area is 156 Å². The van der Waals surface area contributed by atoms with E-state index in [9.17, 15) is 24.3 Å². The van der Waals surface area contributed by atoms with Gasteiger partial charge in [0.25, 0.3) is 0 Å². The summed E-state index contributed by atoms with van der Waals surface area (Å²) in [4.78, 5) is 46.4. The number of rotatable bonds is 10. The third-order valence-corrected chi connectivity index (χ3v) is 3.62. The number of carboxylic acids is 1. The topological polar surface area (TPSA) is 171 Å². The molecule has 0 aliphatic heterocycles. The molecule has 0 heterocycles. The number of aliphatic carboxylic acids is 1. The van der Waals surface area contributed by atoms with E-state index < -0.39 is 55.0 Å². The van der Waals surface area contributed by atoms with Crippen LogP contribution in [0.15, 0.2) is 30.3 Å². The van der Waals surface area contributed by atoms with Crippen LogP contribution < -0.4 is 21.7 Å². The number of aliphatic hydroxyl groups excluding tert-OH is 1. The van der Waals surface area contributed by atoms with Crippen LogP contribution in [0.4, 0.5) is 0 Å². The van der Waals surface area contributed by atoms with E-state index in [0.29, 0.717) is 0 Å². The quantitative estimate of drug-likeness (QED) is 0.266. The van der Waals surface area contributed by atoms with Crippen molar-refractivity contribution < 1.29 is 29.4 Å². The summed E-state index contributed by atoms with van der Waals surface area (Å²) in [5, 5.41) is 24.6. The van der Waals surface area contributed by atoms with Crippen molar-refractivity contribution >= 4 is 23.7 Å². The molecule has 0 bridgehead atoms. The van der Waals surface area contributed by atoms with E-state index in [4.69, 9.17) is 10.8 Å². The first kappa shape index (κ1) is 22.1. The molecule has 3 unspecified atom stereocenters. The molecule has 0 saturated carbocycles. The van der Waals surface area contributed by atoms with Crippen LogP contribution in [0.3, 0.4) is 0 Å². The number of amides is 3. The molecule has 1 aromatic rings. The van der Waals surface area contributed by atoms with Crippen molar-refractivity contribution in [1.29, 1.82) is 0 Å². The molecule has 3 atom stereocenters. The average Bonchev–Trinajstić information content (AvgIpc) is 2.64. The van der Waals surface area contributed by atoms with Crippen LogP contribution in [-0.4, -0.2) is 65.2 Å². The number of carbonyl (C=O) groups is 4. The Morgan fingerprint density at radius 3 is 2.22 bits per heavy atom. The number of nitrogens with two attached hydrogens (primary N) is 1. The zero-order chi connectivity index (χ0) is 20.4. The highest BCUT2D eigenvalue weighted by molar-refractivity contribution is 5.93. The summed E-state index contributed by atoms with van der Waals surface area (Å²) < 4.78 is 0. The maximum absolute atomic E-state index is 12.1. The summed E-state index contributed by atoms with van der Waals surface area (Å²) in [5.41, 5.74) is 6.67. The molecule has 27 heavy (non-hydrogen) atoms. The van der Waals surface area contributed by atoms with Gasteiger partial charge in [0, 0.05) is 0 Å². The monoisotopic (exact) mass is 380 g/mol. The molecule has 1 rings (SSSR count).